The topological polar surface area (TPSA) is 120 Å². The Bertz CT molecular complexity index is 1160. The highest BCUT2D eigenvalue weighted by Crippen LogP contribution is 2.22. The van der Waals surface area contributed by atoms with Crippen molar-refractivity contribution in [3.05, 3.63) is 46.9 Å². The van der Waals surface area contributed by atoms with E-state index in [0.29, 0.717) is 0 Å². The third kappa shape index (κ3) is 4.62. The van der Waals surface area contributed by atoms with Crippen LogP contribution in [-0.2, 0) is 9.84 Å². The van der Waals surface area contributed by atoms with Crippen molar-refractivity contribution in [3.8, 4) is 22.8 Å². The van der Waals surface area contributed by atoms with Gasteiger partial charge in [0.05, 0.1) is 17.6 Å². The number of halogens is 3. The first-order valence-electron chi connectivity index (χ1n) is 8.14. The number of H-pyrrole nitrogens is 1. The number of alkyl halides is 3. The largest absolute Gasteiger partial charge is 0.484 e. The number of nitrogens with zero attached hydrogens (tertiary/aromatic N) is 4. The number of rotatable bonds is 6. The molecule has 2 aromatic heterocycles. The fourth-order valence-corrected chi connectivity index (χ4v) is 3.32. The second-order valence-electron chi connectivity index (χ2n) is 5.75. The SMILES string of the molecule is CCS(=O)(=O)c1nc(-c2cn[nH]n2)cc(=O)n1-c1ccc(OCC(F)(F)F)cc1. The molecular formula is C16H14F3N5O4S. The van der Waals surface area contributed by atoms with Gasteiger partial charge in [-0.1, -0.05) is 6.92 Å². The second-order valence-corrected chi connectivity index (χ2v) is 7.93. The lowest BCUT2D eigenvalue weighted by molar-refractivity contribution is -0.153. The van der Waals surface area contributed by atoms with E-state index in [9.17, 15) is 26.4 Å². The van der Waals surface area contributed by atoms with E-state index in [-0.39, 0.29) is 28.6 Å². The molecule has 0 atom stereocenters. The van der Waals surface area contributed by atoms with E-state index in [1.54, 1.807) is 0 Å². The Labute approximate surface area is 162 Å². The molecule has 0 bridgehead atoms. The molecule has 2 heterocycles. The summed E-state index contributed by atoms with van der Waals surface area (Å²) in [7, 11) is -3.94. The average molecular weight is 429 g/mol. The first kappa shape index (κ1) is 20.5. The lowest BCUT2D eigenvalue weighted by atomic mass is 10.3. The predicted octanol–water partition coefficient (Wildman–Crippen LogP) is 1.75. The summed E-state index contributed by atoms with van der Waals surface area (Å²) in [5, 5.41) is 9.20. The number of aromatic nitrogens is 5. The van der Waals surface area contributed by atoms with Crippen LogP contribution in [0, 0.1) is 0 Å². The number of hydrogen-bond acceptors (Lipinski definition) is 7. The molecule has 3 rings (SSSR count). The molecule has 0 spiro atoms. The van der Waals surface area contributed by atoms with E-state index >= 15 is 0 Å². The van der Waals surface area contributed by atoms with E-state index in [1.165, 1.54) is 37.4 Å². The van der Waals surface area contributed by atoms with Crippen molar-refractivity contribution < 1.29 is 26.3 Å². The summed E-state index contributed by atoms with van der Waals surface area (Å²) in [5.74, 6) is -0.416. The van der Waals surface area contributed by atoms with E-state index < -0.39 is 33.3 Å². The normalized spacial score (nSPS) is 12.1. The van der Waals surface area contributed by atoms with Crippen LogP contribution in [0.1, 0.15) is 6.92 Å². The van der Waals surface area contributed by atoms with Crippen LogP contribution in [-0.4, -0.2) is 51.9 Å². The van der Waals surface area contributed by atoms with Gasteiger partial charge < -0.3 is 4.74 Å². The monoisotopic (exact) mass is 429 g/mol. The summed E-state index contributed by atoms with van der Waals surface area (Å²) in [6, 6.07) is 6.00. The Balaban J connectivity index is 2.08. The number of ether oxygens (including phenoxy) is 1. The molecule has 3 aromatic rings. The Morgan fingerprint density at radius 3 is 2.41 bits per heavy atom. The minimum Gasteiger partial charge on any atom is -0.484 e. The van der Waals surface area contributed by atoms with Crippen LogP contribution in [0.4, 0.5) is 13.2 Å². The van der Waals surface area contributed by atoms with Gasteiger partial charge in [-0.2, -0.15) is 28.6 Å². The second kappa shape index (κ2) is 7.66. The molecule has 0 radical (unpaired) electrons. The summed E-state index contributed by atoms with van der Waals surface area (Å²) in [4.78, 5) is 16.7. The lowest BCUT2D eigenvalue weighted by Gasteiger charge is -2.14. The minimum absolute atomic E-state index is 0.0113. The average Bonchev–Trinajstić information content (AvgIpc) is 3.20. The molecule has 29 heavy (non-hydrogen) atoms. The lowest BCUT2D eigenvalue weighted by Crippen LogP contribution is -2.26. The molecule has 9 nitrogen and oxygen atoms in total. The number of hydrogen-bond donors (Lipinski definition) is 1. The third-order valence-corrected chi connectivity index (χ3v) is 5.31. The van der Waals surface area contributed by atoms with Crippen LogP contribution < -0.4 is 10.3 Å². The van der Waals surface area contributed by atoms with Crippen LogP contribution in [0.25, 0.3) is 17.1 Å². The van der Waals surface area contributed by atoms with Crippen LogP contribution in [0.5, 0.6) is 5.75 Å². The van der Waals surface area contributed by atoms with Crippen LogP contribution in [0.2, 0.25) is 0 Å². The Hall–Kier alpha value is -3.22. The molecule has 0 saturated heterocycles. The van der Waals surface area contributed by atoms with Gasteiger partial charge in [0.25, 0.3) is 5.56 Å². The van der Waals surface area contributed by atoms with Crippen LogP contribution in [0.15, 0.2) is 46.5 Å². The summed E-state index contributed by atoms with van der Waals surface area (Å²) in [6.07, 6.45) is -3.22. The van der Waals surface area contributed by atoms with E-state index in [2.05, 4.69) is 25.1 Å². The molecule has 0 aliphatic rings. The number of benzene rings is 1. The van der Waals surface area contributed by atoms with Gasteiger partial charge in [0.15, 0.2) is 6.61 Å². The smallest absolute Gasteiger partial charge is 0.422 e. The van der Waals surface area contributed by atoms with Gasteiger partial charge in [-0.15, -0.1) is 0 Å². The number of nitrogens with one attached hydrogen (secondary N) is 1. The molecule has 0 unspecified atom stereocenters. The fourth-order valence-electron chi connectivity index (χ4n) is 2.35. The molecule has 0 saturated carbocycles. The summed E-state index contributed by atoms with van der Waals surface area (Å²) >= 11 is 0. The molecular weight excluding hydrogens is 415 g/mol. The maximum absolute atomic E-state index is 12.7. The van der Waals surface area contributed by atoms with Gasteiger partial charge in [0.1, 0.15) is 17.1 Å². The molecule has 13 heteroatoms. The Morgan fingerprint density at radius 1 is 1.17 bits per heavy atom. The van der Waals surface area contributed by atoms with Crippen LogP contribution >= 0.6 is 0 Å². The van der Waals surface area contributed by atoms with Gasteiger partial charge in [-0.05, 0) is 24.3 Å². The van der Waals surface area contributed by atoms with E-state index in [4.69, 9.17) is 0 Å². The first-order chi connectivity index (χ1) is 13.6. The number of aromatic amines is 1. The molecule has 1 aromatic carbocycles. The third-order valence-electron chi connectivity index (χ3n) is 3.72. The van der Waals surface area contributed by atoms with Gasteiger partial charge in [-0.3, -0.25) is 9.36 Å². The maximum Gasteiger partial charge on any atom is 0.422 e. The van der Waals surface area contributed by atoms with Gasteiger partial charge in [0.2, 0.25) is 15.0 Å². The molecule has 0 fully saturated rings. The van der Waals surface area contributed by atoms with Crippen molar-refractivity contribution in [2.75, 3.05) is 12.4 Å². The summed E-state index contributed by atoms with van der Waals surface area (Å²) in [6.45, 7) is -0.0849. The van der Waals surface area contributed by atoms with Crippen molar-refractivity contribution >= 4 is 9.84 Å². The van der Waals surface area contributed by atoms with Gasteiger partial charge in [0, 0.05) is 6.07 Å². The quantitative estimate of drug-likeness (QED) is 0.593. The van der Waals surface area contributed by atoms with Gasteiger partial charge in [-0.25, -0.2) is 13.4 Å². The fraction of sp³-hybridized carbons (Fsp3) is 0.250. The zero-order valence-electron chi connectivity index (χ0n) is 14.8. The van der Waals surface area contributed by atoms with Crippen molar-refractivity contribution in [1.29, 1.82) is 0 Å². The van der Waals surface area contributed by atoms with Gasteiger partial charge >= 0.3 is 6.18 Å². The van der Waals surface area contributed by atoms with Crippen molar-refractivity contribution in [1.82, 2.24) is 25.0 Å². The van der Waals surface area contributed by atoms with Crippen molar-refractivity contribution in [2.45, 2.75) is 18.3 Å². The highest BCUT2D eigenvalue weighted by molar-refractivity contribution is 7.91. The minimum atomic E-state index is -4.50. The summed E-state index contributed by atoms with van der Waals surface area (Å²) in [5.41, 5.74) is -0.426. The molecule has 0 aliphatic heterocycles. The highest BCUT2D eigenvalue weighted by Gasteiger charge is 2.28. The highest BCUT2D eigenvalue weighted by atomic mass is 32.2. The summed E-state index contributed by atoms with van der Waals surface area (Å²) < 4.78 is 67.3. The zero-order valence-corrected chi connectivity index (χ0v) is 15.7. The van der Waals surface area contributed by atoms with Crippen LogP contribution in [0.3, 0.4) is 0 Å². The van der Waals surface area contributed by atoms with Crippen molar-refractivity contribution in [3.63, 3.8) is 0 Å². The maximum atomic E-state index is 12.7. The Kier molecular flexibility index (Phi) is 5.42. The number of sulfone groups is 1. The molecule has 154 valence electrons. The van der Waals surface area contributed by atoms with E-state index in [0.717, 1.165) is 10.6 Å². The van der Waals surface area contributed by atoms with Crippen molar-refractivity contribution in [2.24, 2.45) is 0 Å². The van der Waals surface area contributed by atoms with E-state index in [1.807, 2.05) is 0 Å². The molecule has 1 N–H and O–H groups in total. The zero-order chi connectivity index (χ0) is 21.2. The molecule has 0 amide bonds. The Morgan fingerprint density at radius 2 is 1.86 bits per heavy atom. The molecule has 0 aliphatic carbocycles. The standard InChI is InChI=1S/C16H14F3N5O4S/c1-2-29(26,27)15-21-12(13-8-20-23-22-13)7-14(25)24(15)10-3-5-11(6-4-10)28-9-16(17,18)19/h3-8H,2,9H2,1H3,(H,20,22,23). The predicted molar refractivity (Wildman–Crippen MR) is 94.5 cm³/mol. The first-order valence-corrected chi connectivity index (χ1v) is 9.79.